The molecule has 112 valence electrons. The van der Waals surface area contributed by atoms with E-state index in [9.17, 15) is 9.59 Å². The van der Waals surface area contributed by atoms with Crippen molar-refractivity contribution in [2.24, 2.45) is 0 Å². The van der Waals surface area contributed by atoms with Crippen molar-refractivity contribution in [2.45, 2.75) is 32.3 Å². The number of anilines is 1. The molecule has 5 nitrogen and oxygen atoms in total. The third kappa shape index (κ3) is 3.70. The molecule has 5 heteroatoms. The molecule has 1 saturated heterocycles. The average molecular weight is 289 g/mol. The van der Waals surface area contributed by atoms with Crippen molar-refractivity contribution >= 4 is 23.6 Å². The van der Waals surface area contributed by atoms with Gasteiger partial charge in [-0.1, -0.05) is 6.07 Å². The number of rotatable bonds is 4. The maximum atomic E-state index is 12.2. The summed E-state index contributed by atoms with van der Waals surface area (Å²) >= 11 is 0. The second kappa shape index (κ2) is 6.10. The van der Waals surface area contributed by atoms with Gasteiger partial charge in [0.05, 0.1) is 0 Å². The lowest BCUT2D eigenvalue weighted by molar-refractivity contribution is -0.133. The largest absolute Gasteiger partial charge is 0.478 e. The van der Waals surface area contributed by atoms with Crippen molar-refractivity contribution in [1.29, 1.82) is 0 Å². The molecule has 1 aliphatic heterocycles. The second-order valence-electron chi connectivity index (χ2n) is 5.38. The van der Waals surface area contributed by atoms with E-state index in [0.717, 1.165) is 30.0 Å². The molecule has 1 aromatic rings. The van der Waals surface area contributed by atoms with Gasteiger partial charge in [-0.2, -0.15) is 0 Å². The predicted octanol–water partition coefficient (Wildman–Crippen LogP) is 2.60. The number of aryl methyl sites for hydroxylation is 1. The van der Waals surface area contributed by atoms with E-state index in [1.807, 2.05) is 13.0 Å². The molecular formula is C16H19NO4. The Hall–Kier alpha value is -2.14. The summed E-state index contributed by atoms with van der Waals surface area (Å²) < 4.78 is 5.50. The molecule has 0 radical (unpaired) electrons. The maximum absolute atomic E-state index is 12.2. The van der Waals surface area contributed by atoms with Crippen LogP contribution in [0.5, 0.6) is 0 Å². The average Bonchev–Trinajstić information content (AvgIpc) is 2.86. The summed E-state index contributed by atoms with van der Waals surface area (Å²) in [7, 11) is 0. The Bertz CT molecular complexity index is 586. The monoisotopic (exact) mass is 289 g/mol. The van der Waals surface area contributed by atoms with Gasteiger partial charge < -0.3 is 15.2 Å². The Balaban J connectivity index is 2.10. The summed E-state index contributed by atoms with van der Waals surface area (Å²) in [6.45, 7) is 4.28. The minimum Gasteiger partial charge on any atom is -0.478 e. The first-order valence-corrected chi connectivity index (χ1v) is 6.88. The molecule has 1 amide bonds. The van der Waals surface area contributed by atoms with E-state index in [1.165, 1.54) is 6.08 Å². The van der Waals surface area contributed by atoms with Crippen LogP contribution in [-0.2, 0) is 14.3 Å². The van der Waals surface area contributed by atoms with E-state index in [-0.39, 0.29) is 5.91 Å². The van der Waals surface area contributed by atoms with Gasteiger partial charge in [0, 0.05) is 18.4 Å². The summed E-state index contributed by atoms with van der Waals surface area (Å²) in [5.41, 5.74) is 1.62. The van der Waals surface area contributed by atoms with Crippen molar-refractivity contribution in [1.82, 2.24) is 0 Å². The van der Waals surface area contributed by atoms with E-state index in [2.05, 4.69) is 5.32 Å². The zero-order valence-corrected chi connectivity index (χ0v) is 12.2. The fourth-order valence-electron chi connectivity index (χ4n) is 2.32. The molecule has 0 aliphatic carbocycles. The number of amides is 1. The lowest BCUT2D eigenvalue weighted by atomic mass is 10.0. The van der Waals surface area contributed by atoms with Crippen LogP contribution in [0.25, 0.3) is 6.08 Å². The Morgan fingerprint density at radius 2 is 2.19 bits per heavy atom. The van der Waals surface area contributed by atoms with Gasteiger partial charge in [-0.3, -0.25) is 4.79 Å². The Labute approximate surface area is 123 Å². The molecular weight excluding hydrogens is 270 g/mol. The number of carboxylic acids is 1. The molecule has 1 aromatic carbocycles. The van der Waals surface area contributed by atoms with Gasteiger partial charge in [0.2, 0.25) is 0 Å². The normalized spacial score (nSPS) is 21.6. The predicted molar refractivity (Wildman–Crippen MR) is 80.1 cm³/mol. The number of carboxylic acid groups (broad SMARTS) is 1. The highest BCUT2D eigenvalue weighted by atomic mass is 16.5. The van der Waals surface area contributed by atoms with Crippen molar-refractivity contribution < 1.29 is 19.4 Å². The van der Waals surface area contributed by atoms with Crippen LogP contribution in [0.1, 0.15) is 30.9 Å². The molecule has 1 unspecified atom stereocenters. The minimum absolute atomic E-state index is 0.145. The van der Waals surface area contributed by atoms with Gasteiger partial charge in [0.15, 0.2) is 0 Å². The molecule has 1 fully saturated rings. The maximum Gasteiger partial charge on any atom is 0.328 e. The molecule has 1 atom stereocenters. The van der Waals surface area contributed by atoms with Crippen LogP contribution < -0.4 is 5.32 Å². The van der Waals surface area contributed by atoms with Crippen LogP contribution in [-0.4, -0.2) is 29.2 Å². The minimum atomic E-state index is -0.988. The van der Waals surface area contributed by atoms with Crippen LogP contribution in [0.15, 0.2) is 24.3 Å². The first-order chi connectivity index (χ1) is 9.90. The number of carbonyl (C=O) groups is 2. The van der Waals surface area contributed by atoms with Gasteiger partial charge >= 0.3 is 5.97 Å². The van der Waals surface area contributed by atoms with Gasteiger partial charge in [-0.25, -0.2) is 4.79 Å². The molecule has 1 aliphatic rings. The highest BCUT2D eigenvalue weighted by Crippen LogP contribution is 2.27. The quantitative estimate of drug-likeness (QED) is 0.835. The van der Waals surface area contributed by atoms with E-state index >= 15 is 0 Å². The number of aliphatic carboxylic acids is 1. The molecule has 2 rings (SSSR count). The van der Waals surface area contributed by atoms with Crippen molar-refractivity contribution in [3.63, 3.8) is 0 Å². The standard InChI is InChI=1S/C16H19NO4/c1-11-10-13(6-4-12(11)5-7-14(18)19)17-15(20)16(2)8-3-9-21-16/h4-7,10H,3,8-9H2,1-2H3,(H,17,20)(H,18,19)/b7-5+. The van der Waals surface area contributed by atoms with Crippen LogP contribution in [0.2, 0.25) is 0 Å². The first kappa shape index (κ1) is 15.3. The molecule has 0 bridgehead atoms. The fraction of sp³-hybridized carbons (Fsp3) is 0.375. The van der Waals surface area contributed by atoms with Crippen LogP contribution in [0, 0.1) is 6.92 Å². The van der Waals surface area contributed by atoms with Gasteiger partial charge in [0.25, 0.3) is 5.91 Å². The highest BCUT2D eigenvalue weighted by molar-refractivity contribution is 5.97. The van der Waals surface area contributed by atoms with Crippen LogP contribution >= 0.6 is 0 Å². The Morgan fingerprint density at radius 3 is 2.76 bits per heavy atom. The molecule has 0 saturated carbocycles. The number of hydrogen-bond acceptors (Lipinski definition) is 3. The number of benzene rings is 1. The summed E-state index contributed by atoms with van der Waals surface area (Å²) in [6.07, 6.45) is 4.23. The van der Waals surface area contributed by atoms with E-state index < -0.39 is 11.6 Å². The van der Waals surface area contributed by atoms with Crippen LogP contribution in [0.3, 0.4) is 0 Å². The topological polar surface area (TPSA) is 75.6 Å². The van der Waals surface area contributed by atoms with E-state index in [4.69, 9.17) is 9.84 Å². The zero-order valence-electron chi connectivity index (χ0n) is 12.2. The zero-order chi connectivity index (χ0) is 15.5. The smallest absolute Gasteiger partial charge is 0.328 e. The number of ether oxygens (including phenoxy) is 1. The van der Waals surface area contributed by atoms with Gasteiger partial charge in [-0.15, -0.1) is 0 Å². The van der Waals surface area contributed by atoms with Crippen molar-refractivity contribution in [2.75, 3.05) is 11.9 Å². The summed E-state index contributed by atoms with van der Waals surface area (Å²) in [6, 6.07) is 5.35. The Kier molecular flexibility index (Phi) is 4.43. The van der Waals surface area contributed by atoms with Gasteiger partial charge in [-0.05, 0) is 56.0 Å². The fourth-order valence-corrected chi connectivity index (χ4v) is 2.32. The van der Waals surface area contributed by atoms with Crippen molar-refractivity contribution in [3.8, 4) is 0 Å². The van der Waals surface area contributed by atoms with Gasteiger partial charge in [0.1, 0.15) is 5.60 Å². The molecule has 21 heavy (non-hydrogen) atoms. The lowest BCUT2D eigenvalue weighted by Gasteiger charge is -2.22. The second-order valence-corrected chi connectivity index (χ2v) is 5.38. The molecule has 1 heterocycles. The SMILES string of the molecule is Cc1cc(NC(=O)C2(C)CCCO2)ccc1/C=C/C(=O)O. The molecule has 2 N–H and O–H groups in total. The molecule has 0 spiro atoms. The summed E-state index contributed by atoms with van der Waals surface area (Å²) in [5, 5.41) is 11.5. The first-order valence-electron chi connectivity index (χ1n) is 6.88. The lowest BCUT2D eigenvalue weighted by Crippen LogP contribution is -2.39. The summed E-state index contributed by atoms with van der Waals surface area (Å²) in [4.78, 5) is 22.7. The number of hydrogen-bond donors (Lipinski definition) is 2. The van der Waals surface area contributed by atoms with Crippen LogP contribution in [0.4, 0.5) is 5.69 Å². The Morgan fingerprint density at radius 1 is 1.43 bits per heavy atom. The van der Waals surface area contributed by atoms with E-state index in [0.29, 0.717) is 12.3 Å². The molecule has 0 aromatic heterocycles. The third-order valence-corrected chi connectivity index (χ3v) is 3.63. The summed E-state index contributed by atoms with van der Waals surface area (Å²) in [5.74, 6) is -1.13. The third-order valence-electron chi connectivity index (χ3n) is 3.63. The van der Waals surface area contributed by atoms with E-state index in [1.54, 1.807) is 19.1 Å². The number of nitrogens with one attached hydrogen (secondary N) is 1. The number of carbonyl (C=O) groups excluding carboxylic acids is 1. The van der Waals surface area contributed by atoms with Crippen molar-refractivity contribution in [3.05, 3.63) is 35.4 Å². The highest BCUT2D eigenvalue weighted by Gasteiger charge is 2.37.